The summed E-state index contributed by atoms with van der Waals surface area (Å²) in [4.78, 5) is 29.2. The molecule has 0 radical (unpaired) electrons. The lowest BCUT2D eigenvalue weighted by Crippen LogP contribution is -2.36. The Labute approximate surface area is 180 Å². The zero-order chi connectivity index (χ0) is 21.8. The lowest BCUT2D eigenvalue weighted by molar-refractivity contribution is -0.136. The first-order valence-corrected chi connectivity index (χ1v) is 10.2. The molecular formula is C21H18FN5O3S. The molecule has 10 heteroatoms. The molecule has 2 aromatic heterocycles. The first kappa shape index (κ1) is 20.5. The predicted octanol–water partition coefficient (Wildman–Crippen LogP) is 2.90. The molecule has 0 aliphatic carbocycles. The SMILES string of the molecule is COc1ccc(NC(=O)C(=O)NCCc2csc3nc(-c4cccc(F)c4)nn23)cc1. The van der Waals surface area contributed by atoms with E-state index in [0.29, 0.717) is 34.2 Å². The summed E-state index contributed by atoms with van der Waals surface area (Å²) in [7, 11) is 1.55. The second-order valence-electron chi connectivity index (χ2n) is 6.56. The van der Waals surface area contributed by atoms with Gasteiger partial charge in [-0.3, -0.25) is 9.59 Å². The van der Waals surface area contributed by atoms with Gasteiger partial charge in [-0.15, -0.1) is 16.4 Å². The summed E-state index contributed by atoms with van der Waals surface area (Å²) in [6, 6.07) is 12.7. The third-order valence-corrected chi connectivity index (χ3v) is 5.32. The zero-order valence-corrected chi connectivity index (χ0v) is 17.3. The molecule has 2 amide bonds. The van der Waals surface area contributed by atoms with E-state index in [1.807, 2.05) is 5.38 Å². The normalized spacial score (nSPS) is 10.8. The summed E-state index contributed by atoms with van der Waals surface area (Å²) in [6.07, 6.45) is 0.452. The number of nitrogens with one attached hydrogen (secondary N) is 2. The molecule has 0 saturated carbocycles. The van der Waals surface area contributed by atoms with Crippen molar-refractivity contribution in [3.8, 4) is 17.1 Å². The van der Waals surface area contributed by atoms with Gasteiger partial charge in [-0.05, 0) is 36.4 Å². The average Bonchev–Trinajstić information content (AvgIpc) is 3.36. The van der Waals surface area contributed by atoms with Gasteiger partial charge in [0.15, 0.2) is 5.82 Å². The maximum Gasteiger partial charge on any atom is 0.313 e. The highest BCUT2D eigenvalue weighted by Crippen LogP contribution is 2.21. The molecule has 2 N–H and O–H groups in total. The highest BCUT2D eigenvalue weighted by Gasteiger charge is 2.15. The van der Waals surface area contributed by atoms with E-state index in [2.05, 4.69) is 20.7 Å². The van der Waals surface area contributed by atoms with Gasteiger partial charge < -0.3 is 15.4 Å². The molecule has 8 nitrogen and oxygen atoms in total. The van der Waals surface area contributed by atoms with Crippen LogP contribution in [0.1, 0.15) is 5.69 Å². The van der Waals surface area contributed by atoms with Crippen molar-refractivity contribution in [2.24, 2.45) is 0 Å². The van der Waals surface area contributed by atoms with E-state index in [4.69, 9.17) is 4.74 Å². The summed E-state index contributed by atoms with van der Waals surface area (Å²) >= 11 is 1.40. The Hall–Kier alpha value is -3.79. The number of amides is 2. The van der Waals surface area contributed by atoms with Gasteiger partial charge in [-0.1, -0.05) is 12.1 Å². The standard InChI is InChI=1S/C21H18FN5O3S/c1-30-17-7-5-15(6-8-17)24-20(29)19(28)23-10-9-16-12-31-21-25-18(26-27(16)21)13-3-2-4-14(22)11-13/h2-8,11-12H,9-10H2,1H3,(H,23,28)(H,24,29). The van der Waals surface area contributed by atoms with E-state index >= 15 is 0 Å². The molecule has 4 rings (SSSR count). The fraction of sp³-hybridized carbons (Fsp3) is 0.143. The fourth-order valence-corrected chi connectivity index (χ4v) is 3.75. The minimum absolute atomic E-state index is 0.246. The van der Waals surface area contributed by atoms with Gasteiger partial charge in [-0.25, -0.2) is 8.91 Å². The van der Waals surface area contributed by atoms with Crippen LogP contribution in [0.15, 0.2) is 53.9 Å². The highest BCUT2D eigenvalue weighted by atomic mass is 32.1. The summed E-state index contributed by atoms with van der Waals surface area (Å²) < 4.78 is 20.2. The number of hydrogen-bond donors (Lipinski definition) is 2. The Morgan fingerprint density at radius 1 is 1.16 bits per heavy atom. The second kappa shape index (κ2) is 8.92. The minimum Gasteiger partial charge on any atom is -0.497 e. The number of benzene rings is 2. The molecule has 0 fully saturated rings. The van der Waals surface area contributed by atoms with Crippen molar-refractivity contribution in [3.05, 3.63) is 65.4 Å². The van der Waals surface area contributed by atoms with Crippen molar-refractivity contribution in [2.45, 2.75) is 6.42 Å². The number of methoxy groups -OCH3 is 1. The maximum atomic E-state index is 13.5. The Balaban J connectivity index is 1.34. The number of hydrogen-bond acceptors (Lipinski definition) is 6. The molecule has 2 aromatic carbocycles. The van der Waals surface area contributed by atoms with Crippen LogP contribution in [0.3, 0.4) is 0 Å². The topological polar surface area (TPSA) is 97.6 Å². The molecule has 0 spiro atoms. The van der Waals surface area contributed by atoms with Crippen LogP contribution in [-0.2, 0) is 16.0 Å². The maximum absolute atomic E-state index is 13.5. The number of anilines is 1. The van der Waals surface area contributed by atoms with Crippen LogP contribution in [-0.4, -0.2) is 40.1 Å². The fourth-order valence-electron chi connectivity index (χ4n) is 2.89. The Morgan fingerprint density at radius 3 is 2.71 bits per heavy atom. The van der Waals surface area contributed by atoms with E-state index < -0.39 is 11.8 Å². The van der Waals surface area contributed by atoms with Gasteiger partial charge in [0.05, 0.1) is 12.8 Å². The first-order valence-electron chi connectivity index (χ1n) is 9.36. The molecule has 31 heavy (non-hydrogen) atoms. The monoisotopic (exact) mass is 439 g/mol. The van der Waals surface area contributed by atoms with E-state index in [9.17, 15) is 14.0 Å². The van der Waals surface area contributed by atoms with E-state index in [1.165, 1.54) is 23.5 Å². The molecule has 0 bridgehead atoms. The zero-order valence-electron chi connectivity index (χ0n) is 16.5. The van der Waals surface area contributed by atoms with E-state index in [1.54, 1.807) is 48.0 Å². The molecule has 0 aliphatic rings. The summed E-state index contributed by atoms with van der Waals surface area (Å²) in [6.45, 7) is 0.246. The number of rotatable bonds is 6. The van der Waals surface area contributed by atoms with Gasteiger partial charge in [0.2, 0.25) is 4.96 Å². The number of nitrogens with zero attached hydrogens (tertiary/aromatic N) is 3. The van der Waals surface area contributed by atoms with Crippen LogP contribution < -0.4 is 15.4 Å². The molecule has 0 unspecified atom stereocenters. The van der Waals surface area contributed by atoms with Crippen molar-refractivity contribution in [1.82, 2.24) is 19.9 Å². The molecule has 4 aromatic rings. The molecule has 0 aliphatic heterocycles. The number of halogens is 1. The third-order valence-electron chi connectivity index (χ3n) is 4.45. The third kappa shape index (κ3) is 4.69. The number of thiazole rings is 1. The Morgan fingerprint density at radius 2 is 1.97 bits per heavy atom. The Bertz CT molecular complexity index is 1240. The molecule has 0 saturated heterocycles. The highest BCUT2D eigenvalue weighted by molar-refractivity contribution is 7.15. The lowest BCUT2D eigenvalue weighted by atomic mass is 10.2. The van der Waals surface area contributed by atoms with Crippen molar-refractivity contribution < 1.29 is 18.7 Å². The van der Waals surface area contributed by atoms with Crippen LogP contribution in [0.4, 0.5) is 10.1 Å². The van der Waals surface area contributed by atoms with Crippen LogP contribution in [0, 0.1) is 5.82 Å². The molecule has 2 heterocycles. The van der Waals surface area contributed by atoms with Crippen LogP contribution in [0.25, 0.3) is 16.3 Å². The van der Waals surface area contributed by atoms with Gasteiger partial charge >= 0.3 is 11.8 Å². The van der Waals surface area contributed by atoms with Crippen LogP contribution >= 0.6 is 11.3 Å². The van der Waals surface area contributed by atoms with E-state index in [-0.39, 0.29) is 12.4 Å². The van der Waals surface area contributed by atoms with Crippen molar-refractivity contribution in [2.75, 3.05) is 19.0 Å². The lowest BCUT2D eigenvalue weighted by Gasteiger charge is -2.07. The first-order chi connectivity index (χ1) is 15.0. The van der Waals surface area contributed by atoms with Gasteiger partial charge in [0.1, 0.15) is 11.6 Å². The second-order valence-corrected chi connectivity index (χ2v) is 7.39. The summed E-state index contributed by atoms with van der Waals surface area (Å²) in [5.41, 5.74) is 1.91. The summed E-state index contributed by atoms with van der Waals surface area (Å²) in [5.74, 6) is -0.767. The number of carbonyl (C=O) groups excluding carboxylic acids is 2. The van der Waals surface area contributed by atoms with Gasteiger partial charge in [-0.2, -0.15) is 4.98 Å². The molecule has 0 atom stereocenters. The van der Waals surface area contributed by atoms with Crippen LogP contribution in [0.2, 0.25) is 0 Å². The quantitative estimate of drug-likeness (QED) is 0.450. The van der Waals surface area contributed by atoms with Crippen molar-refractivity contribution in [1.29, 1.82) is 0 Å². The number of carbonyl (C=O) groups is 2. The Kier molecular flexibility index (Phi) is 5.89. The number of fused-ring (bicyclic) bond motifs is 1. The number of aromatic nitrogens is 3. The average molecular weight is 439 g/mol. The smallest absolute Gasteiger partial charge is 0.313 e. The minimum atomic E-state index is -0.755. The largest absolute Gasteiger partial charge is 0.497 e. The number of ether oxygens (including phenoxy) is 1. The predicted molar refractivity (Wildman–Crippen MR) is 115 cm³/mol. The summed E-state index contributed by atoms with van der Waals surface area (Å²) in [5, 5.41) is 11.4. The molecular weight excluding hydrogens is 421 g/mol. The molecule has 158 valence electrons. The van der Waals surface area contributed by atoms with Gasteiger partial charge in [0.25, 0.3) is 0 Å². The van der Waals surface area contributed by atoms with Crippen molar-refractivity contribution in [3.63, 3.8) is 0 Å². The van der Waals surface area contributed by atoms with Crippen molar-refractivity contribution >= 4 is 33.8 Å². The van der Waals surface area contributed by atoms with Crippen LogP contribution in [0.5, 0.6) is 5.75 Å². The van der Waals surface area contributed by atoms with E-state index in [0.717, 1.165) is 5.69 Å². The van der Waals surface area contributed by atoms with Gasteiger partial charge in [0, 0.05) is 29.6 Å².